The lowest BCUT2D eigenvalue weighted by Gasteiger charge is -2.23. The Kier molecular flexibility index (Phi) is 6.48. The third kappa shape index (κ3) is 4.34. The Morgan fingerprint density at radius 1 is 1.40 bits per heavy atom. The number of rotatable bonds is 4. The Balaban J connectivity index is 0.00000225. The molecule has 0 aliphatic carbocycles. The molecule has 2 aliphatic heterocycles. The van der Waals surface area contributed by atoms with Crippen LogP contribution in [-0.4, -0.2) is 40.0 Å². The maximum atomic E-state index is 12.6. The van der Waals surface area contributed by atoms with Crippen LogP contribution in [0.5, 0.6) is 0 Å². The lowest BCUT2D eigenvalue weighted by Crippen LogP contribution is -2.38. The highest BCUT2D eigenvalue weighted by molar-refractivity contribution is 7.89. The number of sulfonamides is 1. The van der Waals surface area contributed by atoms with Crippen molar-refractivity contribution in [3.05, 3.63) is 23.8 Å². The predicted octanol–water partition coefficient (Wildman–Crippen LogP) is 1.68. The molecule has 1 fully saturated rings. The van der Waals surface area contributed by atoms with Crippen LogP contribution in [0.1, 0.15) is 32.3 Å². The summed E-state index contributed by atoms with van der Waals surface area (Å²) in [5, 5.41) is 3.29. The lowest BCUT2D eigenvalue weighted by atomic mass is 10.0. The molecule has 140 valence electrons. The number of nitrogens with one attached hydrogen (secondary N) is 2. The standard InChI is InChI=1S/C17H25N3O3S.ClH/c1-12-8-15-9-16(5-6-17(15)20(12)13(2)21)24(22,23)19-11-14-4-3-7-18-10-14;/h5-6,9,12,14,18-19H,3-4,7-8,10-11H2,1-2H3;1H. The highest BCUT2D eigenvalue weighted by atomic mass is 35.5. The van der Waals surface area contributed by atoms with Crippen molar-refractivity contribution >= 4 is 34.0 Å². The highest BCUT2D eigenvalue weighted by Gasteiger charge is 2.30. The molecular weight excluding hydrogens is 362 g/mol. The van der Waals surface area contributed by atoms with Gasteiger partial charge in [-0.05, 0) is 69.0 Å². The molecule has 25 heavy (non-hydrogen) atoms. The summed E-state index contributed by atoms with van der Waals surface area (Å²) in [5.41, 5.74) is 1.74. The minimum Gasteiger partial charge on any atom is -0.316 e. The third-order valence-corrected chi connectivity index (χ3v) is 6.30. The number of piperidine rings is 1. The van der Waals surface area contributed by atoms with E-state index in [4.69, 9.17) is 0 Å². The molecule has 2 N–H and O–H groups in total. The zero-order valence-corrected chi connectivity index (χ0v) is 16.3. The van der Waals surface area contributed by atoms with Crippen molar-refractivity contribution in [1.29, 1.82) is 0 Å². The summed E-state index contributed by atoms with van der Waals surface area (Å²) in [6.45, 7) is 5.85. The first-order valence-electron chi connectivity index (χ1n) is 8.51. The van der Waals surface area contributed by atoms with Crippen LogP contribution in [0.2, 0.25) is 0 Å². The molecule has 1 amide bonds. The first-order chi connectivity index (χ1) is 11.4. The van der Waals surface area contributed by atoms with Gasteiger partial charge in [-0.3, -0.25) is 4.79 Å². The topological polar surface area (TPSA) is 78.5 Å². The normalized spacial score (nSPS) is 23.0. The Hall–Kier alpha value is -1.15. The molecule has 0 spiro atoms. The second kappa shape index (κ2) is 8.03. The summed E-state index contributed by atoms with van der Waals surface area (Å²) >= 11 is 0. The monoisotopic (exact) mass is 387 g/mol. The quantitative estimate of drug-likeness (QED) is 0.823. The summed E-state index contributed by atoms with van der Waals surface area (Å²) in [7, 11) is -3.52. The summed E-state index contributed by atoms with van der Waals surface area (Å²) in [6, 6.07) is 5.11. The molecule has 0 saturated carbocycles. The van der Waals surface area contributed by atoms with Crippen LogP contribution in [0, 0.1) is 5.92 Å². The average Bonchev–Trinajstić information content (AvgIpc) is 2.89. The van der Waals surface area contributed by atoms with Crippen molar-refractivity contribution < 1.29 is 13.2 Å². The summed E-state index contributed by atoms with van der Waals surface area (Å²) in [6.07, 6.45) is 2.82. The van der Waals surface area contributed by atoms with E-state index in [0.717, 1.165) is 37.2 Å². The molecule has 1 saturated heterocycles. The van der Waals surface area contributed by atoms with Gasteiger partial charge in [-0.1, -0.05) is 0 Å². The lowest BCUT2D eigenvalue weighted by molar-refractivity contribution is -0.116. The molecule has 2 heterocycles. The van der Waals surface area contributed by atoms with E-state index in [1.807, 2.05) is 6.92 Å². The molecule has 2 aliphatic rings. The molecular formula is C17H26ClN3O3S. The van der Waals surface area contributed by atoms with Gasteiger partial charge in [0.15, 0.2) is 0 Å². The van der Waals surface area contributed by atoms with Crippen LogP contribution in [0.3, 0.4) is 0 Å². The average molecular weight is 388 g/mol. The fourth-order valence-corrected chi connectivity index (χ4v) is 4.83. The van der Waals surface area contributed by atoms with Gasteiger partial charge in [0.2, 0.25) is 15.9 Å². The van der Waals surface area contributed by atoms with Crippen LogP contribution < -0.4 is 14.9 Å². The van der Waals surface area contributed by atoms with Crippen LogP contribution in [0.4, 0.5) is 5.69 Å². The fraction of sp³-hybridized carbons (Fsp3) is 0.588. The first kappa shape index (κ1) is 20.2. The number of halogens is 1. The molecule has 2 atom stereocenters. The van der Waals surface area contributed by atoms with E-state index in [1.54, 1.807) is 23.1 Å². The van der Waals surface area contributed by atoms with Crippen LogP contribution in [0.25, 0.3) is 0 Å². The number of carbonyl (C=O) groups is 1. The van der Waals surface area contributed by atoms with Crippen molar-refractivity contribution in [1.82, 2.24) is 10.0 Å². The molecule has 3 rings (SSSR count). The van der Waals surface area contributed by atoms with Gasteiger partial charge in [-0.2, -0.15) is 0 Å². The Labute approximate surface area is 155 Å². The van der Waals surface area contributed by atoms with Gasteiger partial charge in [0, 0.05) is 25.2 Å². The van der Waals surface area contributed by atoms with E-state index in [0.29, 0.717) is 18.9 Å². The number of hydrogen-bond donors (Lipinski definition) is 2. The number of amides is 1. The van der Waals surface area contributed by atoms with Crippen LogP contribution in [0.15, 0.2) is 23.1 Å². The number of carbonyl (C=O) groups excluding carboxylic acids is 1. The molecule has 6 nitrogen and oxygen atoms in total. The van der Waals surface area contributed by atoms with Gasteiger partial charge in [0.05, 0.1) is 4.90 Å². The van der Waals surface area contributed by atoms with E-state index < -0.39 is 10.0 Å². The summed E-state index contributed by atoms with van der Waals surface area (Å²) in [5.74, 6) is 0.330. The van der Waals surface area contributed by atoms with E-state index in [9.17, 15) is 13.2 Å². The zero-order valence-electron chi connectivity index (χ0n) is 14.6. The zero-order chi connectivity index (χ0) is 17.3. The summed E-state index contributed by atoms with van der Waals surface area (Å²) in [4.78, 5) is 13.8. The van der Waals surface area contributed by atoms with Crippen molar-refractivity contribution in [3.63, 3.8) is 0 Å². The Bertz CT molecular complexity index is 733. The molecule has 2 unspecified atom stereocenters. The summed E-state index contributed by atoms with van der Waals surface area (Å²) < 4.78 is 27.9. The predicted molar refractivity (Wildman–Crippen MR) is 101 cm³/mol. The second-order valence-electron chi connectivity index (χ2n) is 6.80. The Morgan fingerprint density at radius 2 is 2.16 bits per heavy atom. The van der Waals surface area contributed by atoms with Gasteiger partial charge in [0.1, 0.15) is 0 Å². The SMILES string of the molecule is CC(=O)N1c2ccc(S(=O)(=O)NCC3CCCNC3)cc2CC1C.Cl. The molecule has 1 aromatic rings. The van der Waals surface area contributed by atoms with Crippen molar-refractivity contribution in [2.45, 2.75) is 44.0 Å². The molecule has 8 heteroatoms. The molecule has 0 bridgehead atoms. The maximum absolute atomic E-state index is 12.6. The van der Waals surface area contributed by atoms with E-state index in [1.165, 1.54) is 6.92 Å². The third-order valence-electron chi connectivity index (χ3n) is 4.88. The molecule has 0 aromatic heterocycles. The number of hydrogen-bond acceptors (Lipinski definition) is 4. The second-order valence-corrected chi connectivity index (χ2v) is 8.56. The van der Waals surface area contributed by atoms with Gasteiger partial charge >= 0.3 is 0 Å². The number of fused-ring (bicyclic) bond motifs is 1. The number of nitrogens with zero attached hydrogens (tertiary/aromatic N) is 1. The van der Waals surface area contributed by atoms with Crippen molar-refractivity contribution in [3.8, 4) is 0 Å². The van der Waals surface area contributed by atoms with Crippen molar-refractivity contribution in [2.24, 2.45) is 5.92 Å². The van der Waals surface area contributed by atoms with E-state index in [2.05, 4.69) is 10.0 Å². The molecule has 1 aromatic carbocycles. The number of anilines is 1. The minimum absolute atomic E-state index is 0. The van der Waals surface area contributed by atoms with Gasteiger partial charge in [0.25, 0.3) is 0 Å². The van der Waals surface area contributed by atoms with Gasteiger partial charge in [-0.25, -0.2) is 13.1 Å². The van der Waals surface area contributed by atoms with Gasteiger partial charge in [-0.15, -0.1) is 12.4 Å². The van der Waals surface area contributed by atoms with Crippen LogP contribution in [-0.2, 0) is 21.2 Å². The highest BCUT2D eigenvalue weighted by Crippen LogP contribution is 2.33. The van der Waals surface area contributed by atoms with E-state index >= 15 is 0 Å². The smallest absolute Gasteiger partial charge is 0.240 e. The van der Waals surface area contributed by atoms with Gasteiger partial charge < -0.3 is 10.2 Å². The largest absolute Gasteiger partial charge is 0.316 e. The fourth-order valence-electron chi connectivity index (χ4n) is 3.66. The maximum Gasteiger partial charge on any atom is 0.240 e. The van der Waals surface area contributed by atoms with Crippen LogP contribution >= 0.6 is 12.4 Å². The minimum atomic E-state index is -3.52. The number of benzene rings is 1. The van der Waals surface area contributed by atoms with Crippen molar-refractivity contribution in [2.75, 3.05) is 24.5 Å². The molecule has 0 radical (unpaired) electrons. The Morgan fingerprint density at radius 3 is 2.80 bits per heavy atom. The van der Waals surface area contributed by atoms with E-state index in [-0.39, 0.29) is 29.3 Å². The first-order valence-corrected chi connectivity index (χ1v) is 10.00.